The Balaban J connectivity index is 1.57. The molecule has 2 heterocycles. The van der Waals surface area contributed by atoms with E-state index in [0.717, 1.165) is 16.8 Å². The summed E-state index contributed by atoms with van der Waals surface area (Å²) in [5, 5.41) is 3.93. The highest BCUT2D eigenvalue weighted by molar-refractivity contribution is 5.89. The van der Waals surface area contributed by atoms with Gasteiger partial charge in [-0.15, -0.1) is 0 Å². The summed E-state index contributed by atoms with van der Waals surface area (Å²) in [7, 11) is 4.95. The van der Waals surface area contributed by atoms with Crippen molar-refractivity contribution < 1.29 is 23.6 Å². The molecule has 1 aliphatic heterocycles. The van der Waals surface area contributed by atoms with E-state index in [-0.39, 0.29) is 24.2 Å². The first-order chi connectivity index (χ1) is 14.3. The van der Waals surface area contributed by atoms with E-state index in [4.69, 9.17) is 14.0 Å². The van der Waals surface area contributed by atoms with Gasteiger partial charge in [-0.05, 0) is 38.0 Å². The minimum Gasteiger partial charge on any atom is -0.493 e. The van der Waals surface area contributed by atoms with Crippen molar-refractivity contribution in [3.8, 4) is 11.5 Å². The molecule has 1 aliphatic rings. The molecule has 1 aromatic heterocycles. The molecule has 0 N–H and O–H groups in total. The zero-order valence-electron chi connectivity index (χ0n) is 18.2. The van der Waals surface area contributed by atoms with Crippen molar-refractivity contribution in [3.05, 3.63) is 40.8 Å². The predicted molar refractivity (Wildman–Crippen MR) is 110 cm³/mol. The molecule has 0 bridgehead atoms. The third kappa shape index (κ3) is 4.58. The van der Waals surface area contributed by atoms with Crippen LogP contribution in [0, 0.1) is 19.8 Å². The van der Waals surface area contributed by atoms with Crippen LogP contribution < -0.4 is 9.47 Å². The number of hydrogen-bond acceptors (Lipinski definition) is 6. The minimum absolute atomic E-state index is 0.0135. The molecule has 0 saturated carbocycles. The molecule has 0 radical (unpaired) electrons. The van der Waals surface area contributed by atoms with Gasteiger partial charge in [-0.1, -0.05) is 11.2 Å². The van der Waals surface area contributed by atoms with Crippen molar-refractivity contribution in [2.75, 3.05) is 34.4 Å². The molecular formula is C22H29N3O5. The second-order valence-corrected chi connectivity index (χ2v) is 7.68. The number of rotatable bonds is 8. The fraction of sp³-hybridized carbons (Fsp3) is 0.500. The fourth-order valence-electron chi connectivity index (χ4n) is 3.81. The molecule has 0 aliphatic carbocycles. The summed E-state index contributed by atoms with van der Waals surface area (Å²) in [5.41, 5.74) is 2.75. The van der Waals surface area contributed by atoms with Crippen LogP contribution in [0.25, 0.3) is 0 Å². The molecule has 1 unspecified atom stereocenters. The molecule has 2 amide bonds. The first kappa shape index (κ1) is 21.7. The largest absolute Gasteiger partial charge is 0.493 e. The maximum atomic E-state index is 12.9. The maximum Gasteiger partial charge on any atom is 0.228 e. The average molecular weight is 415 g/mol. The lowest BCUT2D eigenvalue weighted by atomic mass is 10.1. The van der Waals surface area contributed by atoms with Gasteiger partial charge in [-0.25, -0.2) is 0 Å². The summed E-state index contributed by atoms with van der Waals surface area (Å²) < 4.78 is 15.8. The van der Waals surface area contributed by atoms with E-state index in [1.165, 1.54) is 0 Å². The summed E-state index contributed by atoms with van der Waals surface area (Å²) in [6.07, 6.45) is 0.929. The molecule has 162 valence electrons. The lowest BCUT2D eigenvalue weighted by Gasteiger charge is -2.21. The quantitative estimate of drug-likeness (QED) is 0.658. The highest BCUT2D eigenvalue weighted by atomic mass is 16.5. The Morgan fingerprint density at radius 3 is 2.63 bits per heavy atom. The predicted octanol–water partition coefficient (Wildman–Crippen LogP) is 2.36. The van der Waals surface area contributed by atoms with Crippen molar-refractivity contribution in [2.45, 2.75) is 33.2 Å². The normalized spacial score (nSPS) is 16.1. The van der Waals surface area contributed by atoms with Crippen molar-refractivity contribution >= 4 is 11.8 Å². The molecular weight excluding hydrogens is 386 g/mol. The van der Waals surface area contributed by atoms with Gasteiger partial charge < -0.3 is 23.8 Å². The number of likely N-dealkylation sites (tertiary alicyclic amines) is 1. The molecule has 0 spiro atoms. The van der Waals surface area contributed by atoms with Gasteiger partial charge in [0.1, 0.15) is 5.76 Å². The second kappa shape index (κ2) is 9.19. The fourth-order valence-corrected chi connectivity index (χ4v) is 3.81. The number of methoxy groups -OCH3 is 2. The Morgan fingerprint density at radius 2 is 2.00 bits per heavy atom. The van der Waals surface area contributed by atoms with Crippen LogP contribution in [0.3, 0.4) is 0 Å². The maximum absolute atomic E-state index is 12.9. The lowest BCUT2D eigenvalue weighted by Crippen LogP contribution is -2.35. The number of benzene rings is 1. The lowest BCUT2D eigenvalue weighted by molar-refractivity contribution is -0.135. The first-order valence-electron chi connectivity index (χ1n) is 9.99. The van der Waals surface area contributed by atoms with Crippen LogP contribution in [-0.2, 0) is 22.6 Å². The second-order valence-electron chi connectivity index (χ2n) is 7.68. The van der Waals surface area contributed by atoms with Gasteiger partial charge in [0.15, 0.2) is 11.5 Å². The number of hydrogen-bond donors (Lipinski definition) is 0. The molecule has 8 heteroatoms. The van der Waals surface area contributed by atoms with Gasteiger partial charge in [0.05, 0.1) is 32.4 Å². The van der Waals surface area contributed by atoms with E-state index in [9.17, 15) is 9.59 Å². The number of aromatic nitrogens is 1. The zero-order chi connectivity index (χ0) is 21.8. The highest BCUT2D eigenvalue weighted by Gasteiger charge is 2.35. The minimum atomic E-state index is -0.326. The summed E-state index contributed by atoms with van der Waals surface area (Å²) >= 11 is 0. The third-order valence-corrected chi connectivity index (χ3v) is 5.63. The van der Waals surface area contributed by atoms with Gasteiger partial charge in [0.2, 0.25) is 11.8 Å². The number of aryl methyl sites for hydroxylation is 2. The number of ether oxygens (including phenoxy) is 2. The summed E-state index contributed by atoms with van der Waals surface area (Å²) in [6.45, 7) is 5.13. The molecule has 1 fully saturated rings. The van der Waals surface area contributed by atoms with E-state index in [1.54, 1.807) is 31.1 Å². The summed E-state index contributed by atoms with van der Waals surface area (Å²) in [5.74, 6) is 1.71. The summed E-state index contributed by atoms with van der Waals surface area (Å²) in [4.78, 5) is 28.8. The number of amides is 2. The van der Waals surface area contributed by atoms with Crippen LogP contribution in [0.5, 0.6) is 11.5 Å². The molecule has 1 aromatic carbocycles. The van der Waals surface area contributed by atoms with Crippen LogP contribution in [-0.4, -0.2) is 61.1 Å². The highest BCUT2D eigenvalue weighted by Crippen LogP contribution is 2.28. The Hall–Kier alpha value is -3.03. The van der Waals surface area contributed by atoms with E-state index in [2.05, 4.69) is 5.16 Å². The standard InChI is InChI=1S/C22H29N3O5/c1-14-18(15(2)30-23-14)13-24(3)22(27)17-11-21(26)25(12-17)9-8-16-6-7-19(28-4)20(10-16)29-5/h6-7,10,17H,8-9,11-13H2,1-5H3. The van der Waals surface area contributed by atoms with Crippen LogP contribution in [0.2, 0.25) is 0 Å². The van der Waals surface area contributed by atoms with E-state index >= 15 is 0 Å². The van der Waals surface area contributed by atoms with Gasteiger partial charge in [0, 0.05) is 32.1 Å². The van der Waals surface area contributed by atoms with Gasteiger partial charge in [-0.2, -0.15) is 0 Å². The van der Waals surface area contributed by atoms with Gasteiger partial charge >= 0.3 is 0 Å². The van der Waals surface area contributed by atoms with Crippen molar-refractivity contribution in [3.63, 3.8) is 0 Å². The van der Waals surface area contributed by atoms with Gasteiger partial charge in [0.25, 0.3) is 0 Å². The molecule has 1 saturated heterocycles. The molecule has 1 atom stereocenters. The van der Waals surface area contributed by atoms with Crippen LogP contribution in [0.4, 0.5) is 0 Å². The van der Waals surface area contributed by atoms with Crippen LogP contribution in [0.15, 0.2) is 22.7 Å². The Labute approximate surface area is 176 Å². The Morgan fingerprint density at radius 1 is 1.27 bits per heavy atom. The Kier molecular flexibility index (Phi) is 6.64. The van der Waals surface area contributed by atoms with E-state index < -0.39 is 0 Å². The van der Waals surface area contributed by atoms with Crippen LogP contribution in [0.1, 0.15) is 29.0 Å². The summed E-state index contributed by atoms with van der Waals surface area (Å²) in [6, 6.07) is 5.73. The van der Waals surface area contributed by atoms with Crippen molar-refractivity contribution in [1.82, 2.24) is 15.0 Å². The van der Waals surface area contributed by atoms with Crippen LogP contribution >= 0.6 is 0 Å². The third-order valence-electron chi connectivity index (χ3n) is 5.63. The average Bonchev–Trinajstić information content (AvgIpc) is 3.27. The number of nitrogens with zero attached hydrogens (tertiary/aromatic N) is 3. The molecule has 30 heavy (non-hydrogen) atoms. The zero-order valence-corrected chi connectivity index (χ0v) is 18.2. The van der Waals surface area contributed by atoms with Crippen molar-refractivity contribution in [2.24, 2.45) is 5.92 Å². The van der Waals surface area contributed by atoms with Gasteiger partial charge in [-0.3, -0.25) is 9.59 Å². The molecule has 2 aromatic rings. The number of carbonyl (C=O) groups is 2. The first-order valence-corrected chi connectivity index (χ1v) is 9.99. The molecule has 8 nitrogen and oxygen atoms in total. The Bertz CT molecular complexity index is 904. The van der Waals surface area contributed by atoms with Crippen molar-refractivity contribution in [1.29, 1.82) is 0 Å². The topological polar surface area (TPSA) is 85.1 Å². The molecule has 3 rings (SSSR count). The van der Waals surface area contributed by atoms with E-state index in [1.807, 2.05) is 32.0 Å². The van der Waals surface area contributed by atoms with E-state index in [0.29, 0.717) is 43.3 Å². The SMILES string of the molecule is COc1ccc(CCN2CC(C(=O)N(C)Cc3c(C)noc3C)CC2=O)cc1OC. The number of carbonyl (C=O) groups excluding carboxylic acids is 2. The smallest absolute Gasteiger partial charge is 0.228 e. The monoisotopic (exact) mass is 415 g/mol.